The lowest BCUT2D eigenvalue weighted by atomic mass is 10.1. The van der Waals surface area contributed by atoms with Crippen molar-refractivity contribution in [2.75, 3.05) is 0 Å². The molecule has 0 aliphatic heterocycles. The van der Waals surface area contributed by atoms with Crippen LogP contribution in [0, 0.1) is 6.92 Å². The average Bonchev–Trinajstić information content (AvgIpc) is 2.40. The lowest BCUT2D eigenvalue weighted by molar-refractivity contribution is 1.44. The molecule has 0 fully saturated rings. The summed E-state index contributed by atoms with van der Waals surface area (Å²) in [5, 5.41) is 0.688. The van der Waals surface area contributed by atoms with Crippen molar-refractivity contribution in [3.63, 3.8) is 0 Å². The summed E-state index contributed by atoms with van der Waals surface area (Å²) in [6, 6.07) is 15.4. The Kier molecular flexibility index (Phi) is 4.37. The Morgan fingerprint density at radius 1 is 1.11 bits per heavy atom. The minimum Gasteiger partial charge on any atom is -0.384 e. The standard InChI is InChI=1S/C16H15ClN2/c1-12-4-2-3-5-13(12)6-11-16(18)19-15-9-7-14(17)8-10-15/h2-11H,1H3,(H2,18,19)/b11-6+. The summed E-state index contributed by atoms with van der Waals surface area (Å²) >= 11 is 5.81. The lowest BCUT2D eigenvalue weighted by Crippen LogP contribution is -2.06. The van der Waals surface area contributed by atoms with Gasteiger partial charge in [-0.25, -0.2) is 4.99 Å². The van der Waals surface area contributed by atoms with Crippen molar-refractivity contribution in [1.29, 1.82) is 0 Å². The first-order valence-electron chi connectivity index (χ1n) is 5.98. The van der Waals surface area contributed by atoms with Crippen molar-refractivity contribution >= 4 is 29.2 Å². The quantitative estimate of drug-likeness (QED) is 0.653. The zero-order chi connectivity index (χ0) is 13.7. The summed E-state index contributed by atoms with van der Waals surface area (Å²) in [6.07, 6.45) is 3.76. The molecule has 2 nitrogen and oxygen atoms in total. The lowest BCUT2D eigenvalue weighted by Gasteiger charge is -1.99. The number of aryl methyl sites for hydroxylation is 1. The van der Waals surface area contributed by atoms with Crippen LogP contribution in [0.4, 0.5) is 5.69 Å². The zero-order valence-corrected chi connectivity index (χ0v) is 11.4. The van der Waals surface area contributed by atoms with E-state index in [0.717, 1.165) is 11.3 Å². The van der Waals surface area contributed by atoms with Crippen LogP contribution in [0.15, 0.2) is 59.6 Å². The second-order valence-electron chi connectivity index (χ2n) is 4.20. The first-order valence-corrected chi connectivity index (χ1v) is 6.36. The van der Waals surface area contributed by atoms with E-state index in [0.29, 0.717) is 10.9 Å². The van der Waals surface area contributed by atoms with Crippen LogP contribution >= 0.6 is 11.6 Å². The maximum absolute atomic E-state index is 5.87. The molecule has 0 heterocycles. The molecule has 0 unspecified atom stereocenters. The van der Waals surface area contributed by atoms with Crippen molar-refractivity contribution in [3.05, 3.63) is 70.8 Å². The van der Waals surface area contributed by atoms with Crippen molar-refractivity contribution in [2.45, 2.75) is 6.92 Å². The van der Waals surface area contributed by atoms with E-state index in [9.17, 15) is 0 Å². The molecule has 2 aromatic carbocycles. The minimum absolute atomic E-state index is 0.463. The van der Waals surface area contributed by atoms with Crippen molar-refractivity contribution in [3.8, 4) is 0 Å². The molecule has 0 amide bonds. The number of amidine groups is 1. The highest BCUT2D eigenvalue weighted by molar-refractivity contribution is 6.30. The van der Waals surface area contributed by atoms with Gasteiger partial charge in [0.1, 0.15) is 5.84 Å². The van der Waals surface area contributed by atoms with E-state index in [1.165, 1.54) is 5.56 Å². The van der Waals surface area contributed by atoms with E-state index in [-0.39, 0.29) is 0 Å². The van der Waals surface area contributed by atoms with Gasteiger partial charge in [-0.05, 0) is 48.4 Å². The normalized spacial score (nSPS) is 12.0. The first-order chi connectivity index (χ1) is 9.15. The highest BCUT2D eigenvalue weighted by atomic mass is 35.5. The Morgan fingerprint density at radius 3 is 2.47 bits per heavy atom. The van der Waals surface area contributed by atoms with E-state index in [1.54, 1.807) is 18.2 Å². The van der Waals surface area contributed by atoms with Gasteiger partial charge in [-0.1, -0.05) is 41.9 Å². The molecule has 2 rings (SSSR count). The Morgan fingerprint density at radius 2 is 1.79 bits per heavy atom. The Labute approximate surface area is 118 Å². The summed E-state index contributed by atoms with van der Waals surface area (Å²) < 4.78 is 0. The number of halogens is 1. The van der Waals surface area contributed by atoms with Gasteiger partial charge in [0, 0.05) is 5.02 Å². The Balaban J connectivity index is 2.14. The third kappa shape index (κ3) is 3.97. The fraction of sp³-hybridized carbons (Fsp3) is 0.0625. The third-order valence-corrected chi connectivity index (χ3v) is 2.96. The van der Waals surface area contributed by atoms with Gasteiger partial charge in [0.15, 0.2) is 0 Å². The van der Waals surface area contributed by atoms with Gasteiger partial charge >= 0.3 is 0 Å². The molecule has 0 saturated carbocycles. The van der Waals surface area contributed by atoms with Gasteiger partial charge in [-0.3, -0.25) is 0 Å². The molecule has 0 aromatic heterocycles. The molecule has 96 valence electrons. The van der Waals surface area contributed by atoms with E-state index in [4.69, 9.17) is 17.3 Å². The molecule has 0 saturated heterocycles. The molecule has 2 aromatic rings. The number of hydrogen-bond acceptors (Lipinski definition) is 1. The minimum atomic E-state index is 0.463. The van der Waals surface area contributed by atoms with Crippen LogP contribution in [0.2, 0.25) is 5.02 Å². The number of hydrogen-bond donors (Lipinski definition) is 1. The molecule has 0 aliphatic rings. The number of nitrogens with two attached hydrogens (primary N) is 1. The molecular formula is C16H15ClN2. The van der Waals surface area contributed by atoms with Crippen LogP contribution in [0.25, 0.3) is 6.08 Å². The summed E-state index contributed by atoms with van der Waals surface area (Å²) in [6.45, 7) is 2.06. The molecule has 19 heavy (non-hydrogen) atoms. The fourth-order valence-corrected chi connectivity index (χ4v) is 1.78. The molecular weight excluding hydrogens is 256 g/mol. The molecule has 0 spiro atoms. The van der Waals surface area contributed by atoms with Crippen molar-refractivity contribution in [2.24, 2.45) is 10.7 Å². The van der Waals surface area contributed by atoms with Crippen LogP contribution in [0.3, 0.4) is 0 Å². The van der Waals surface area contributed by atoms with Crippen LogP contribution in [-0.4, -0.2) is 5.84 Å². The van der Waals surface area contributed by atoms with Crippen LogP contribution in [0.1, 0.15) is 11.1 Å². The monoisotopic (exact) mass is 270 g/mol. The van der Waals surface area contributed by atoms with Crippen LogP contribution < -0.4 is 5.73 Å². The fourth-order valence-electron chi connectivity index (χ4n) is 1.65. The molecule has 2 N–H and O–H groups in total. The number of rotatable bonds is 3. The van der Waals surface area contributed by atoms with Gasteiger partial charge in [0.2, 0.25) is 0 Å². The van der Waals surface area contributed by atoms with E-state index in [2.05, 4.69) is 18.0 Å². The number of benzene rings is 2. The summed E-state index contributed by atoms with van der Waals surface area (Å²) in [4.78, 5) is 4.29. The van der Waals surface area contributed by atoms with Crippen LogP contribution in [0.5, 0.6) is 0 Å². The molecule has 0 aliphatic carbocycles. The molecule has 0 bridgehead atoms. The Hall–Kier alpha value is -2.06. The summed E-state index contributed by atoms with van der Waals surface area (Å²) in [7, 11) is 0. The maximum atomic E-state index is 5.87. The summed E-state index contributed by atoms with van der Waals surface area (Å²) in [5.41, 5.74) is 9.00. The second kappa shape index (κ2) is 6.21. The zero-order valence-electron chi connectivity index (χ0n) is 10.7. The van der Waals surface area contributed by atoms with Crippen molar-refractivity contribution < 1.29 is 0 Å². The predicted octanol–water partition coefficient (Wildman–Crippen LogP) is 4.35. The van der Waals surface area contributed by atoms with Gasteiger partial charge in [-0.2, -0.15) is 0 Å². The van der Waals surface area contributed by atoms with Gasteiger partial charge in [0.25, 0.3) is 0 Å². The van der Waals surface area contributed by atoms with Gasteiger partial charge < -0.3 is 5.73 Å². The highest BCUT2D eigenvalue weighted by Gasteiger charge is 1.93. The van der Waals surface area contributed by atoms with E-state index in [1.807, 2.05) is 36.4 Å². The van der Waals surface area contributed by atoms with Gasteiger partial charge in [0.05, 0.1) is 5.69 Å². The summed E-state index contributed by atoms with van der Waals surface area (Å²) in [5.74, 6) is 0.463. The second-order valence-corrected chi connectivity index (χ2v) is 4.64. The SMILES string of the molecule is Cc1ccccc1/C=C/C(N)=Nc1ccc(Cl)cc1. The molecule has 3 heteroatoms. The predicted molar refractivity (Wildman–Crippen MR) is 82.9 cm³/mol. The molecule has 0 radical (unpaired) electrons. The molecule has 0 atom stereocenters. The first kappa shape index (κ1) is 13.4. The average molecular weight is 271 g/mol. The topological polar surface area (TPSA) is 38.4 Å². The Bertz CT molecular complexity index is 613. The number of aliphatic imine (C=N–C) groups is 1. The van der Waals surface area contributed by atoms with E-state index < -0.39 is 0 Å². The smallest absolute Gasteiger partial charge is 0.124 e. The third-order valence-electron chi connectivity index (χ3n) is 2.71. The highest BCUT2D eigenvalue weighted by Crippen LogP contribution is 2.16. The largest absolute Gasteiger partial charge is 0.384 e. The van der Waals surface area contributed by atoms with Crippen molar-refractivity contribution in [1.82, 2.24) is 0 Å². The van der Waals surface area contributed by atoms with E-state index >= 15 is 0 Å². The number of nitrogens with zero attached hydrogens (tertiary/aromatic N) is 1. The van der Waals surface area contributed by atoms with Crippen LogP contribution in [-0.2, 0) is 0 Å². The maximum Gasteiger partial charge on any atom is 0.124 e. The van der Waals surface area contributed by atoms with Gasteiger partial charge in [-0.15, -0.1) is 0 Å².